The zero-order valence-corrected chi connectivity index (χ0v) is 18.8. The standard InChI is InChI=1S/C21H29N5O.HI/c1-2-23-20(26-9-6-21(15-26)7-11-27-16-21)24-13-18-4-3-5-19(12-18)14-25-10-8-22-17-25;/h3-5,8,10,12,17H,2,6-7,9,11,13-16H2,1H3,(H,23,24);1H. The third-order valence-electron chi connectivity index (χ3n) is 5.58. The van der Waals surface area contributed by atoms with Gasteiger partial charge in [-0.15, -0.1) is 24.0 Å². The fourth-order valence-electron chi connectivity index (χ4n) is 4.10. The van der Waals surface area contributed by atoms with Crippen LogP contribution in [0.3, 0.4) is 0 Å². The number of aliphatic imine (C=N–C) groups is 1. The van der Waals surface area contributed by atoms with E-state index in [0.717, 1.165) is 45.4 Å². The first-order valence-electron chi connectivity index (χ1n) is 9.91. The fourth-order valence-corrected chi connectivity index (χ4v) is 4.10. The first kappa shape index (κ1) is 21.1. The number of likely N-dealkylation sites (tertiary alicyclic amines) is 1. The van der Waals surface area contributed by atoms with Gasteiger partial charge < -0.3 is 19.5 Å². The summed E-state index contributed by atoms with van der Waals surface area (Å²) < 4.78 is 7.75. The van der Waals surface area contributed by atoms with Crippen LogP contribution in [0.1, 0.15) is 30.9 Å². The highest BCUT2D eigenvalue weighted by molar-refractivity contribution is 14.0. The maximum atomic E-state index is 5.66. The Labute approximate surface area is 184 Å². The smallest absolute Gasteiger partial charge is 0.194 e. The minimum atomic E-state index is 0. The summed E-state index contributed by atoms with van der Waals surface area (Å²) >= 11 is 0. The summed E-state index contributed by atoms with van der Waals surface area (Å²) in [5.74, 6) is 1.03. The van der Waals surface area contributed by atoms with E-state index in [1.165, 1.54) is 24.0 Å². The molecule has 3 heterocycles. The molecule has 0 amide bonds. The molecule has 2 saturated heterocycles. The highest BCUT2D eigenvalue weighted by Gasteiger charge is 2.42. The average molecular weight is 495 g/mol. The Morgan fingerprint density at radius 2 is 2.21 bits per heavy atom. The molecule has 6 nitrogen and oxygen atoms in total. The summed E-state index contributed by atoms with van der Waals surface area (Å²) in [4.78, 5) is 11.5. The minimum absolute atomic E-state index is 0. The molecule has 2 aromatic rings. The summed E-state index contributed by atoms with van der Waals surface area (Å²) in [6.45, 7) is 8.48. The number of benzene rings is 1. The third kappa shape index (κ3) is 5.05. The first-order valence-corrected chi connectivity index (χ1v) is 9.91. The summed E-state index contributed by atoms with van der Waals surface area (Å²) in [5.41, 5.74) is 2.86. The lowest BCUT2D eigenvalue weighted by molar-refractivity contribution is 0.156. The largest absolute Gasteiger partial charge is 0.381 e. The third-order valence-corrected chi connectivity index (χ3v) is 5.58. The molecule has 0 bridgehead atoms. The van der Waals surface area contributed by atoms with E-state index in [2.05, 4.69) is 51.0 Å². The minimum Gasteiger partial charge on any atom is -0.381 e. The number of imidazole rings is 1. The molecule has 1 spiro atoms. The van der Waals surface area contributed by atoms with E-state index in [9.17, 15) is 0 Å². The number of halogens is 1. The highest BCUT2D eigenvalue weighted by Crippen LogP contribution is 2.38. The van der Waals surface area contributed by atoms with E-state index in [-0.39, 0.29) is 24.0 Å². The molecule has 0 radical (unpaired) electrons. The second-order valence-electron chi connectivity index (χ2n) is 7.70. The van der Waals surface area contributed by atoms with E-state index >= 15 is 0 Å². The second kappa shape index (κ2) is 9.73. The van der Waals surface area contributed by atoms with Crippen molar-refractivity contribution < 1.29 is 4.74 Å². The van der Waals surface area contributed by atoms with Crippen LogP contribution in [-0.2, 0) is 17.8 Å². The maximum Gasteiger partial charge on any atom is 0.194 e. The van der Waals surface area contributed by atoms with E-state index in [1.54, 1.807) is 0 Å². The van der Waals surface area contributed by atoms with Gasteiger partial charge in [-0.05, 0) is 30.9 Å². The number of hydrogen-bond donors (Lipinski definition) is 1. The number of nitrogens with zero attached hydrogens (tertiary/aromatic N) is 4. The van der Waals surface area contributed by atoms with Crippen LogP contribution in [0, 0.1) is 5.41 Å². The predicted octanol–water partition coefficient (Wildman–Crippen LogP) is 3.13. The van der Waals surface area contributed by atoms with Crippen LogP contribution in [0.25, 0.3) is 0 Å². The molecule has 1 unspecified atom stereocenters. The molecule has 1 aromatic heterocycles. The quantitative estimate of drug-likeness (QED) is 0.394. The first-order chi connectivity index (χ1) is 13.3. The Bertz CT molecular complexity index is 771. The van der Waals surface area contributed by atoms with Crippen molar-refractivity contribution in [1.29, 1.82) is 0 Å². The molecule has 152 valence electrons. The van der Waals surface area contributed by atoms with Crippen LogP contribution >= 0.6 is 24.0 Å². The Hall–Kier alpha value is -1.61. The molecular formula is C21H30IN5O. The summed E-state index contributed by atoms with van der Waals surface area (Å²) in [6, 6.07) is 8.66. The molecule has 2 aliphatic rings. The van der Waals surface area contributed by atoms with Crippen molar-refractivity contribution in [3.63, 3.8) is 0 Å². The lowest BCUT2D eigenvalue weighted by Crippen LogP contribution is -2.41. The van der Waals surface area contributed by atoms with Gasteiger partial charge in [0.05, 0.1) is 19.5 Å². The molecule has 0 aliphatic carbocycles. The van der Waals surface area contributed by atoms with Gasteiger partial charge in [0.25, 0.3) is 0 Å². The van der Waals surface area contributed by atoms with Crippen molar-refractivity contribution in [2.24, 2.45) is 10.4 Å². The van der Waals surface area contributed by atoms with Gasteiger partial charge in [-0.3, -0.25) is 0 Å². The van der Waals surface area contributed by atoms with Crippen molar-refractivity contribution in [1.82, 2.24) is 19.8 Å². The molecule has 2 fully saturated rings. The molecule has 28 heavy (non-hydrogen) atoms. The van der Waals surface area contributed by atoms with Gasteiger partial charge >= 0.3 is 0 Å². The second-order valence-corrected chi connectivity index (χ2v) is 7.70. The van der Waals surface area contributed by atoms with Gasteiger partial charge in [-0.2, -0.15) is 0 Å². The molecular weight excluding hydrogens is 465 g/mol. The van der Waals surface area contributed by atoms with Crippen LogP contribution in [0.5, 0.6) is 0 Å². The topological polar surface area (TPSA) is 54.7 Å². The van der Waals surface area contributed by atoms with Crippen molar-refractivity contribution >= 4 is 29.9 Å². The van der Waals surface area contributed by atoms with Gasteiger partial charge in [0, 0.05) is 50.6 Å². The number of nitrogens with one attached hydrogen (secondary N) is 1. The lowest BCUT2D eigenvalue weighted by Gasteiger charge is -2.25. The maximum absolute atomic E-state index is 5.66. The Balaban J connectivity index is 0.00000225. The van der Waals surface area contributed by atoms with Crippen molar-refractivity contribution in [2.45, 2.75) is 32.9 Å². The van der Waals surface area contributed by atoms with E-state index in [4.69, 9.17) is 9.73 Å². The molecule has 7 heteroatoms. The van der Waals surface area contributed by atoms with E-state index < -0.39 is 0 Å². The normalized spacial score (nSPS) is 21.9. The zero-order valence-electron chi connectivity index (χ0n) is 16.5. The number of hydrogen-bond acceptors (Lipinski definition) is 3. The molecule has 1 atom stereocenters. The average Bonchev–Trinajstić information content (AvgIpc) is 3.43. The Morgan fingerprint density at radius 3 is 2.96 bits per heavy atom. The van der Waals surface area contributed by atoms with Crippen LogP contribution in [0.2, 0.25) is 0 Å². The summed E-state index contributed by atoms with van der Waals surface area (Å²) in [6.07, 6.45) is 8.04. The SMILES string of the molecule is CCNC(=NCc1cccc(Cn2ccnc2)c1)N1CCC2(CCOC2)C1.I. The zero-order chi connectivity index (χ0) is 18.5. The van der Waals surface area contributed by atoms with Crippen LogP contribution in [-0.4, -0.2) is 53.3 Å². The van der Waals surface area contributed by atoms with Gasteiger partial charge in [-0.25, -0.2) is 9.98 Å². The van der Waals surface area contributed by atoms with Crippen LogP contribution < -0.4 is 5.32 Å². The van der Waals surface area contributed by atoms with Crippen molar-refractivity contribution in [3.8, 4) is 0 Å². The molecule has 1 N–H and O–H groups in total. The number of rotatable bonds is 5. The van der Waals surface area contributed by atoms with E-state index in [1.807, 2.05) is 18.7 Å². The molecule has 1 aromatic carbocycles. The van der Waals surface area contributed by atoms with Crippen molar-refractivity contribution in [2.75, 3.05) is 32.8 Å². The monoisotopic (exact) mass is 495 g/mol. The fraction of sp³-hybridized carbons (Fsp3) is 0.524. The Kier molecular flexibility index (Phi) is 7.34. The lowest BCUT2D eigenvalue weighted by atomic mass is 9.87. The van der Waals surface area contributed by atoms with Gasteiger partial charge in [-0.1, -0.05) is 24.3 Å². The van der Waals surface area contributed by atoms with Gasteiger partial charge in [0.2, 0.25) is 0 Å². The number of aromatic nitrogens is 2. The highest BCUT2D eigenvalue weighted by atomic mass is 127. The summed E-state index contributed by atoms with van der Waals surface area (Å²) in [5, 5.41) is 3.47. The van der Waals surface area contributed by atoms with E-state index in [0.29, 0.717) is 12.0 Å². The van der Waals surface area contributed by atoms with Crippen LogP contribution in [0.4, 0.5) is 0 Å². The number of ether oxygens (including phenoxy) is 1. The van der Waals surface area contributed by atoms with Crippen molar-refractivity contribution in [3.05, 3.63) is 54.1 Å². The van der Waals surface area contributed by atoms with Gasteiger partial charge in [0.15, 0.2) is 5.96 Å². The van der Waals surface area contributed by atoms with Gasteiger partial charge in [0.1, 0.15) is 0 Å². The number of guanidine groups is 1. The predicted molar refractivity (Wildman–Crippen MR) is 122 cm³/mol. The summed E-state index contributed by atoms with van der Waals surface area (Å²) in [7, 11) is 0. The Morgan fingerprint density at radius 1 is 1.32 bits per heavy atom. The molecule has 0 saturated carbocycles. The molecule has 2 aliphatic heterocycles. The van der Waals surface area contributed by atoms with Crippen LogP contribution in [0.15, 0.2) is 48.0 Å². The molecule has 4 rings (SSSR count).